The zero-order valence-corrected chi connectivity index (χ0v) is 17.8. The van der Waals surface area contributed by atoms with E-state index in [0.717, 1.165) is 31.6 Å². The largest absolute Gasteiger partial charge is 0.512 e. The van der Waals surface area contributed by atoms with E-state index in [4.69, 9.17) is 4.74 Å². The maximum absolute atomic E-state index is 10.2. The quantitative estimate of drug-likeness (QED) is 0.563. The monoisotopic (exact) mass is 391 g/mol. The van der Waals surface area contributed by atoms with Gasteiger partial charge in [0.05, 0.1) is 5.76 Å². The molecule has 0 radical (unpaired) electrons. The summed E-state index contributed by atoms with van der Waals surface area (Å²) in [6.45, 7) is 3.82. The summed E-state index contributed by atoms with van der Waals surface area (Å²) in [6.07, 6.45) is 6.92. The van der Waals surface area contributed by atoms with Gasteiger partial charge in [-0.1, -0.05) is 55.5 Å². The Kier molecular flexibility index (Phi) is 7.54. The number of allylic oxidation sites excluding steroid dienone is 4. The van der Waals surface area contributed by atoms with Crippen LogP contribution in [0.3, 0.4) is 0 Å². The Morgan fingerprint density at radius 2 is 1.72 bits per heavy atom. The van der Waals surface area contributed by atoms with Crippen LogP contribution in [-0.2, 0) is 0 Å². The molecule has 1 aliphatic rings. The van der Waals surface area contributed by atoms with Gasteiger partial charge in [-0.3, -0.25) is 0 Å². The van der Waals surface area contributed by atoms with Crippen molar-refractivity contribution in [1.82, 2.24) is 4.90 Å². The van der Waals surface area contributed by atoms with Gasteiger partial charge < -0.3 is 14.7 Å². The van der Waals surface area contributed by atoms with Crippen LogP contribution in [0.5, 0.6) is 5.75 Å². The van der Waals surface area contributed by atoms with E-state index in [1.165, 1.54) is 16.7 Å². The number of hydrogen-bond donors (Lipinski definition) is 1. The average molecular weight is 392 g/mol. The fourth-order valence-electron chi connectivity index (χ4n) is 4.07. The molecule has 0 fully saturated rings. The van der Waals surface area contributed by atoms with Crippen molar-refractivity contribution in [3.63, 3.8) is 0 Å². The Balaban J connectivity index is 1.90. The van der Waals surface area contributed by atoms with Crippen LogP contribution in [0.2, 0.25) is 0 Å². The van der Waals surface area contributed by atoms with Crippen molar-refractivity contribution in [2.75, 3.05) is 27.2 Å². The normalized spacial score (nSPS) is 16.1. The van der Waals surface area contributed by atoms with Crippen LogP contribution in [0, 0.1) is 0 Å². The van der Waals surface area contributed by atoms with Gasteiger partial charge in [-0.2, -0.15) is 0 Å². The lowest BCUT2D eigenvalue weighted by atomic mass is 9.74. The second-order valence-corrected chi connectivity index (χ2v) is 8.00. The molecule has 0 spiro atoms. The van der Waals surface area contributed by atoms with Crippen molar-refractivity contribution in [1.29, 1.82) is 0 Å². The first kappa shape index (κ1) is 21.2. The third kappa shape index (κ3) is 5.74. The molecular formula is C26H33NO2. The highest BCUT2D eigenvalue weighted by Gasteiger charge is 2.27. The van der Waals surface area contributed by atoms with E-state index in [-0.39, 0.29) is 5.92 Å². The van der Waals surface area contributed by atoms with E-state index >= 15 is 0 Å². The summed E-state index contributed by atoms with van der Waals surface area (Å²) in [4.78, 5) is 2.12. The molecule has 2 aromatic rings. The molecule has 0 heterocycles. The number of ether oxygens (including phenoxy) is 1. The van der Waals surface area contributed by atoms with Crippen LogP contribution in [0.15, 0.2) is 78.1 Å². The Morgan fingerprint density at radius 1 is 1.00 bits per heavy atom. The van der Waals surface area contributed by atoms with Crippen molar-refractivity contribution < 1.29 is 9.84 Å². The summed E-state index contributed by atoms with van der Waals surface area (Å²) in [7, 11) is 4.10. The Labute approximate surface area is 175 Å². The van der Waals surface area contributed by atoms with Crippen LogP contribution < -0.4 is 4.74 Å². The summed E-state index contributed by atoms with van der Waals surface area (Å²) in [5, 5.41) is 10.2. The van der Waals surface area contributed by atoms with Crippen LogP contribution in [0.25, 0.3) is 0 Å². The number of rotatable bonds is 9. The molecule has 29 heavy (non-hydrogen) atoms. The number of nitrogens with zero attached hydrogens (tertiary/aromatic N) is 1. The standard InChI is InChI=1S/C26H33NO2/c1-4-25(20-9-6-5-7-10-20)26(22-11-8-12-23(28)19-22)21-13-15-24(16-14-21)29-18-17-27(2)3/h5-7,9-11,13-16,19,25-26,28H,4,8,12,17-18H2,1-3H3. The predicted molar refractivity (Wildman–Crippen MR) is 121 cm³/mol. The van der Waals surface area contributed by atoms with Crippen molar-refractivity contribution in [2.24, 2.45) is 0 Å². The molecule has 0 bridgehead atoms. The fraction of sp³-hybridized carbons (Fsp3) is 0.385. The minimum absolute atomic E-state index is 0.209. The molecule has 0 aromatic heterocycles. The van der Waals surface area contributed by atoms with Gasteiger partial charge in [0.2, 0.25) is 0 Å². The van der Waals surface area contributed by atoms with E-state index in [0.29, 0.717) is 18.3 Å². The molecule has 1 N–H and O–H groups in total. The highest BCUT2D eigenvalue weighted by atomic mass is 16.5. The molecule has 2 unspecified atom stereocenters. The molecule has 3 rings (SSSR count). The van der Waals surface area contributed by atoms with E-state index in [1.807, 2.05) is 20.2 Å². The molecule has 1 aliphatic carbocycles. The van der Waals surface area contributed by atoms with Gasteiger partial charge in [0.15, 0.2) is 0 Å². The first-order valence-corrected chi connectivity index (χ1v) is 10.6. The van der Waals surface area contributed by atoms with Gasteiger partial charge in [0.25, 0.3) is 0 Å². The predicted octanol–water partition coefficient (Wildman–Crippen LogP) is 6.07. The maximum atomic E-state index is 10.2. The van der Waals surface area contributed by atoms with E-state index in [9.17, 15) is 5.11 Å². The molecule has 0 saturated heterocycles. The first-order valence-electron chi connectivity index (χ1n) is 10.6. The van der Waals surface area contributed by atoms with Gasteiger partial charge in [-0.05, 0) is 67.8 Å². The number of hydrogen-bond acceptors (Lipinski definition) is 3. The third-order valence-electron chi connectivity index (χ3n) is 5.59. The van der Waals surface area contributed by atoms with Crippen molar-refractivity contribution >= 4 is 0 Å². The topological polar surface area (TPSA) is 32.7 Å². The molecule has 0 amide bonds. The summed E-state index contributed by atoms with van der Waals surface area (Å²) in [5.41, 5.74) is 3.81. The second kappa shape index (κ2) is 10.3. The lowest BCUT2D eigenvalue weighted by molar-refractivity contribution is 0.261. The van der Waals surface area contributed by atoms with E-state index < -0.39 is 0 Å². The smallest absolute Gasteiger partial charge is 0.119 e. The second-order valence-electron chi connectivity index (χ2n) is 8.00. The Bertz CT molecular complexity index is 822. The lowest BCUT2D eigenvalue weighted by Crippen LogP contribution is -2.19. The van der Waals surface area contributed by atoms with Crippen LogP contribution in [0.1, 0.15) is 49.1 Å². The molecule has 0 saturated carbocycles. The summed E-state index contributed by atoms with van der Waals surface area (Å²) >= 11 is 0. The molecule has 2 aromatic carbocycles. The van der Waals surface area contributed by atoms with Crippen molar-refractivity contribution in [3.05, 3.63) is 89.2 Å². The highest BCUT2D eigenvalue weighted by molar-refractivity contribution is 5.43. The lowest BCUT2D eigenvalue weighted by Gasteiger charge is -2.30. The molecule has 3 heteroatoms. The number of likely N-dealkylation sites (N-methyl/N-ethyl adjacent to an activating group) is 1. The zero-order valence-electron chi connectivity index (χ0n) is 17.8. The van der Waals surface area contributed by atoms with Crippen molar-refractivity contribution in [2.45, 2.75) is 38.0 Å². The minimum Gasteiger partial charge on any atom is -0.512 e. The van der Waals surface area contributed by atoms with E-state index in [2.05, 4.69) is 72.5 Å². The van der Waals surface area contributed by atoms with Crippen LogP contribution >= 0.6 is 0 Å². The fourth-order valence-corrected chi connectivity index (χ4v) is 4.07. The molecular weight excluding hydrogens is 358 g/mol. The molecule has 2 atom stereocenters. The SMILES string of the molecule is CCC(c1ccccc1)C(C1=CCCC(O)=C1)c1ccc(OCCN(C)C)cc1. The summed E-state index contributed by atoms with van der Waals surface area (Å²) in [6, 6.07) is 19.2. The number of aliphatic hydroxyl groups is 1. The van der Waals surface area contributed by atoms with Gasteiger partial charge in [-0.15, -0.1) is 0 Å². The molecule has 3 nitrogen and oxygen atoms in total. The third-order valence-corrected chi connectivity index (χ3v) is 5.59. The van der Waals surface area contributed by atoms with Gasteiger partial charge in [-0.25, -0.2) is 0 Å². The maximum Gasteiger partial charge on any atom is 0.119 e. The van der Waals surface area contributed by atoms with Crippen LogP contribution in [-0.4, -0.2) is 37.3 Å². The average Bonchev–Trinajstić information content (AvgIpc) is 2.73. The molecule has 154 valence electrons. The zero-order chi connectivity index (χ0) is 20.6. The number of benzene rings is 2. The van der Waals surface area contributed by atoms with Gasteiger partial charge >= 0.3 is 0 Å². The Hall–Kier alpha value is -2.52. The number of aliphatic hydroxyl groups excluding tert-OH is 1. The van der Waals surface area contributed by atoms with E-state index in [1.54, 1.807) is 0 Å². The summed E-state index contributed by atoms with van der Waals surface area (Å²) < 4.78 is 5.88. The van der Waals surface area contributed by atoms with Gasteiger partial charge in [0, 0.05) is 18.9 Å². The van der Waals surface area contributed by atoms with Crippen LogP contribution in [0.4, 0.5) is 0 Å². The summed E-state index contributed by atoms with van der Waals surface area (Å²) in [5.74, 6) is 1.95. The van der Waals surface area contributed by atoms with Gasteiger partial charge in [0.1, 0.15) is 12.4 Å². The minimum atomic E-state index is 0.209. The molecule has 0 aliphatic heterocycles. The first-order chi connectivity index (χ1) is 14.1. The van der Waals surface area contributed by atoms with Crippen molar-refractivity contribution in [3.8, 4) is 5.75 Å². The Morgan fingerprint density at radius 3 is 2.34 bits per heavy atom. The highest BCUT2D eigenvalue weighted by Crippen LogP contribution is 2.43.